The molecule has 0 radical (unpaired) electrons. The first kappa shape index (κ1) is 16.2. The lowest BCUT2D eigenvalue weighted by Gasteiger charge is -2.14. The van der Waals surface area contributed by atoms with Crippen molar-refractivity contribution in [3.8, 4) is 0 Å². The largest absolute Gasteiger partial charge is 0.351 e. The number of benzene rings is 2. The van der Waals surface area contributed by atoms with Gasteiger partial charge >= 0.3 is 0 Å². The third-order valence-electron chi connectivity index (χ3n) is 2.89. The summed E-state index contributed by atoms with van der Waals surface area (Å²) in [4.78, 5) is 12.9. The number of carbonyl (C=O) groups is 1. The Kier molecular flexibility index (Phi) is 5.97. The summed E-state index contributed by atoms with van der Waals surface area (Å²) < 4.78 is 0. The van der Waals surface area contributed by atoms with E-state index < -0.39 is 0 Å². The molecule has 0 saturated carbocycles. The average Bonchev–Trinajstić information content (AvgIpc) is 2.49. The van der Waals surface area contributed by atoms with Crippen molar-refractivity contribution in [1.82, 2.24) is 5.32 Å². The summed E-state index contributed by atoms with van der Waals surface area (Å²) in [5.74, 6) is -0.0418. The Morgan fingerprint density at radius 1 is 1.10 bits per heavy atom. The lowest BCUT2D eigenvalue weighted by molar-refractivity contribution is -0.120. The van der Waals surface area contributed by atoms with E-state index in [0.717, 1.165) is 10.5 Å². The van der Waals surface area contributed by atoms with Crippen molar-refractivity contribution in [2.75, 3.05) is 0 Å². The fourth-order valence-electron chi connectivity index (χ4n) is 1.75. The number of hydrogen-bond acceptors (Lipinski definition) is 2. The van der Waals surface area contributed by atoms with E-state index in [1.165, 1.54) is 11.8 Å². The maximum atomic E-state index is 12.1. The van der Waals surface area contributed by atoms with Crippen LogP contribution in [0.1, 0.15) is 12.5 Å². The maximum absolute atomic E-state index is 12.1. The second-order valence-electron chi connectivity index (χ2n) is 4.51. The number of rotatable bonds is 5. The van der Waals surface area contributed by atoms with Gasteiger partial charge in [0.1, 0.15) is 0 Å². The third kappa shape index (κ3) is 4.67. The van der Waals surface area contributed by atoms with Crippen molar-refractivity contribution in [3.63, 3.8) is 0 Å². The highest BCUT2D eigenvalue weighted by atomic mass is 35.5. The molecular formula is C16H15Cl2NOS. The number of halogens is 2. The van der Waals surface area contributed by atoms with E-state index in [-0.39, 0.29) is 11.2 Å². The Labute approximate surface area is 138 Å². The molecule has 110 valence electrons. The van der Waals surface area contributed by atoms with Gasteiger partial charge in [-0.05, 0) is 24.6 Å². The predicted molar refractivity (Wildman–Crippen MR) is 90.1 cm³/mol. The number of thioether (sulfide) groups is 1. The minimum Gasteiger partial charge on any atom is -0.351 e. The van der Waals surface area contributed by atoms with Crippen molar-refractivity contribution >= 4 is 40.9 Å². The summed E-state index contributed by atoms with van der Waals surface area (Å²) in [6.45, 7) is 2.35. The van der Waals surface area contributed by atoms with Crippen molar-refractivity contribution in [2.45, 2.75) is 23.6 Å². The molecule has 0 saturated heterocycles. The number of carbonyl (C=O) groups excluding carboxylic acids is 1. The Morgan fingerprint density at radius 3 is 2.33 bits per heavy atom. The molecule has 0 aliphatic rings. The van der Waals surface area contributed by atoms with Gasteiger partial charge in [0, 0.05) is 11.4 Å². The molecule has 1 atom stereocenters. The van der Waals surface area contributed by atoms with E-state index >= 15 is 0 Å². The average molecular weight is 340 g/mol. The summed E-state index contributed by atoms with van der Waals surface area (Å²) in [6.07, 6.45) is 0. The van der Waals surface area contributed by atoms with Crippen LogP contribution in [-0.4, -0.2) is 11.2 Å². The summed E-state index contributed by atoms with van der Waals surface area (Å²) >= 11 is 13.6. The van der Waals surface area contributed by atoms with E-state index in [0.29, 0.717) is 16.6 Å². The van der Waals surface area contributed by atoms with Gasteiger partial charge in [-0.25, -0.2) is 0 Å². The molecule has 0 heterocycles. The normalized spacial score (nSPS) is 12.0. The van der Waals surface area contributed by atoms with Gasteiger partial charge in [0.15, 0.2) is 0 Å². The van der Waals surface area contributed by atoms with E-state index in [1.54, 1.807) is 18.2 Å². The first-order valence-electron chi connectivity index (χ1n) is 6.50. The van der Waals surface area contributed by atoms with Crippen LogP contribution in [0.3, 0.4) is 0 Å². The molecule has 5 heteroatoms. The topological polar surface area (TPSA) is 29.1 Å². The molecule has 2 nitrogen and oxygen atoms in total. The predicted octanol–water partition coefficient (Wildman–Crippen LogP) is 4.79. The summed E-state index contributed by atoms with van der Waals surface area (Å²) in [7, 11) is 0. The lowest BCUT2D eigenvalue weighted by atomic mass is 10.2. The standard InChI is InChI=1S/C16H15Cl2NOS/c1-11(21-15-13(17)8-5-9-14(15)18)16(20)19-10-12-6-3-2-4-7-12/h2-9,11H,10H2,1H3,(H,19,20)/t11-/m1/s1. The van der Waals surface area contributed by atoms with Gasteiger partial charge in [0.05, 0.1) is 15.3 Å². The lowest BCUT2D eigenvalue weighted by Crippen LogP contribution is -2.30. The van der Waals surface area contributed by atoms with Gasteiger partial charge in [0.2, 0.25) is 5.91 Å². The van der Waals surface area contributed by atoms with Crippen LogP contribution in [0.15, 0.2) is 53.4 Å². The van der Waals surface area contributed by atoms with Gasteiger partial charge in [-0.3, -0.25) is 4.79 Å². The second-order valence-corrected chi connectivity index (χ2v) is 6.68. The molecule has 0 aromatic heterocycles. The third-order valence-corrected chi connectivity index (χ3v) is 4.99. The highest BCUT2D eigenvalue weighted by Gasteiger charge is 2.17. The summed E-state index contributed by atoms with van der Waals surface area (Å²) in [5, 5.41) is 3.77. The molecule has 1 N–H and O–H groups in total. The monoisotopic (exact) mass is 339 g/mol. The second kappa shape index (κ2) is 7.74. The zero-order valence-corrected chi connectivity index (χ0v) is 13.8. The zero-order valence-electron chi connectivity index (χ0n) is 11.5. The van der Waals surface area contributed by atoms with E-state index in [1.807, 2.05) is 37.3 Å². The molecule has 0 aliphatic heterocycles. The van der Waals surface area contributed by atoms with Crippen LogP contribution in [0.2, 0.25) is 10.0 Å². The smallest absolute Gasteiger partial charge is 0.233 e. The van der Waals surface area contributed by atoms with Crippen LogP contribution >= 0.6 is 35.0 Å². The fourth-order valence-corrected chi connectivity index (χ4v) is 3.32. The quantitative estimate of drug-likeness (QED) is 0.793. The van der Waals surface area contributed by atoms with Gasteiger partial charge in [0.25, 0.3) is 0 Å². The molecule has 0 fully saturated rings. The Morgan fingerprint density at radius 2 is 1.71 bits per heavy atom. The van der Waals surface area contributed by atoms with Crippen LogP contribution in [0.5, 0.6) is 0 Å². The van der Waals surface area contributed by atoms with Gasteiger partial charge in [-0.15, -0.1) is 11.8 Å². The maximum Gasteiger partial charge on any atom is 0.233 e. The molecule has 0 spiro atoms. The van der Waals surface area contributed by atoms with E-state index in [4.69, 9.17) is 23.2 Å². The van der Waals surface area contributed by atoms with Crippen LogP contribution in [0.4, 0.5) is 0 Å². The van der Waals surface area contributed by atoms with Crippen LogP contribution < -0.4 is 5.32 Å². The molecule has 2 rings (SSSR count). The molecule has 0 bridgehead atoms. The fraction of sp³-hybridized carbons (Fsp3) is 0.188. The van der Waals surface area contributed by atoms with Crippen molar-refractivity contribution in [3.05, 3.63) is 64.1 Å². The van der Waals surface area contributed by atoms with Crippen molar-refractivity contribution < 1.29 is 4.79 Å². The first-order chi connectivity index (χ1) is 10.1. The van der Waals surface area contributed by atoms with Gasteiger partial charge in [-0.2, -0.15) is 0 Å². The van der Waals surface area contributed by atoms with Gasteiger partial charge in [-0.1, -0.05) is 59.6 Å². The van der Waals surface area contributed by atoms with Crippen molar-refractivity contribution in [2.24, 2.45) is 0 Å². The van der Waals surface area contributed by atoms with Crippen LogP contribution in [0.25, 0.3) is 0 Å². The van der Waals surface area contributed by atoms with Crippen LogP contribution in [0, 0.1) is 0 Å². The Bertz CT molecular complexity index is 599. The first-order valence-corrected chi connectivity index (χ1v) is 8.14. The molecule has 0 aliphatic carbocycles. The van der Waals surface area contributed by atoms with Crippen molar-refractivity contribution in [1.29, 1.82) is 0 Å². The Balaban J connectivity index is 1.94. The van der Waals surface area contributed by atoms with E-state index in [9.17, 15) is 4.79 Å². The van der Waals surface area contributed by atoms with Crippen LogP contribution in [-0.2, 0) is 11.3 Å². The minimum atomic E-state index is -0.272. The molecule has 21 heavy (non-hydrogen) atoms. The number of nitrogens with one attached hydrogen (secondary N) is 1. The molecule has 1 amide bonds. The highest BCUT2D eigenvalue weighted by Crippen LogP contribution is 2.36. The molecule has 2 aromatic carbocycles. The highest BCUT2D eigenvalue weighted by molar-refractivity contribution is 8.00. The minimum absolute atomic E-state index is 0.0418. The van der Waals surface area contributed by atoms with E-state index in [2.05, 4.69) is 5.32 Å². The number of hydrogen-bond donors (Lipinski definition) is 1. The molecular weight excluding hydrogens is 325 g/mol. The molecule has 2 aromatic rings. The van der Waals surface area contributed by atoms with Gasteiger partial charge < -0.3 is 5.32 Å². The SMILES string of the molecule is C[C@@H](Sc1c(Cl)cccc1Cl)C(=O)NCc1ccccc1. The molecule has 0 unspecified atom stereocenters. The Hall–Kier alpha value is -1.16. The summed E-state index contributed by atoms with van der Waals surface area (Å²) in [6, 6.07) is 15.1. The summed E-state index contributed by atoms with van der Waals surface area (Å²) in [5.41, 5.74) is 1.07. The number of amides is 1. The zero-order chi connectivity index (χ0) is 15.2.